The van der Waals surface area contributed by atoms with Crippen molar-refractivity contribution in [2.24, 2.45) is 0 Å². The molecule has 0 N–H and O–H groups in total. The molecular formula is C21H24N2O3S. The molecular weight excluding hydrogens is 360 g/mol. The van der Waals surface area contributed by atoms with Crippen LogP contribution in [-0.2, 0) is 23.1 Å². The average molecular weight is 385 g/mol. The van der Waals surface area contributed by atoms with E-state index in [9.17, 15) is 8.42 Å². The molecule has 0 amide bonds. The van der Waals surface area contributed by atoms with Crippen LogP contribution in [0.15, 0.2) is 58.3 Å². The second kappa shape index (κ2) is 7.66. The summed E-state index contributed by atoms with van der Waals surface area (Å²) in [5.41, 5.74) is 4.33. The second-order valence-electron chi connectivity index (χ2n) is 6.80. The van der Waals surface area contributed by atoms with Crippen molar-refractivity contribution in [3.05, 3.63) is 82.6 Å². The molecule has 0 unspecified atom stereocenters. The van der Waals surface area contributed by atoms with E-state index >= 15 is 0 Å². The minimum Gasteiger partial charge on any atom is -0.468 e. The summed E-state index contributed by atoms with van der Waals surface area (Å²) in [4.78, 5) is 4.49. The van der Waals surface area contributed by atoms with Gasteiger partial charge in [0.25, 0.3) is 0 Å². The van der Waals surface area contributed by atoms with Crippen LogP contribution in [0.5, 0.6) is 0 Å². The van der Waals surface area contributed by atoms with Crippen molar-refractivity contribution < 1.29 is 12.8 Å². The van der Waals surface area contributed by atoms with Crippen LogP contribution >= 0.6 is 0 Å². The number of hydrogen-bond donors (Lipinski definition) is 0. The van der Waals surface area contributed by atoms with Gasteiger partial charge in [-0.15, -0.1) is 0 Å². The van der Waals surface area contributed by atoms with Gasteiger partial charge in [0.2, 0.25) is 10.0 Å². The lowest BCUT2D eigenvalue weighted by molar-refractivity contribution is 0.358. The monoisotopic (exact) mass is 384 g/mol. The second-order valence-corrected chi connectivity index (χ2v) is 8.68. The SMILES string of the molecule is Cc1cc(C)c(C)c(S(=O)(=O)N(Cc2cccnc2)Cc2ccco2)c1C. The Bertz CT molecular complexity index is 1000. The number of aromatic nitrogens is 1. The van der Waals surface area contributed by atoms with Crippen molar-refractivity contribution in [3.63, 3.8) is 0 Å². The Morgan fingerprint density at radius 3 is 2.26 bits per heavy atom. The number of pyridine rings is 1. The van der Waals surface area contributed by atoms with E-state index in [1.54, 1.807) is 36.9 Å². The molecule has 0 saturated carbocycles. The Morgan fingerprint density at radius 1 is 1.00 bits per heavy atom. The molecule has 6 heteroatoms. The molecule has 0 aliphatic rings. The van der Waals surface area contributed by atoms with E-state index < -0.39 is 10.0 Å². The minimum atomic E-state index is -3.74. The molecule has 0 spiro atoms. The predicted octanol–water partition coefficient (Wildman–Crippen LogP) is 4.30. The molecule has 3 rings (SSSR count). The van der Waals surface area contributed by atoms with Crippen LogP contribution < -0.4 is 0 Å². The Hall–Kier alpha value is -2.44. The average Bonchev–Trinajstić information content (AvgIpc) is 3.13. The molecule has 1 aromatic carbocycles. The molecule has 0 bridgehead atoms. The summed E-state index contributed by atoms with van der Waals surface area (Å²) < 4.78 is 34.2. The van der Waals surface area contributed by atoms with Crippen LogP contribution in [0.25, 0.3) is 0 Å². The van der Waals surface area contributed by atoms with E-state index in [4.69, 9.17) is 4.42 Å². The van der Waals surface area contributed by atoms with Crippen LogP contribution in [0.4, 0.5) is 0 Å². The van der Waals surface area contributed by atoms with Crippen LogP contribution in [-0.4, -0.2) is 17.7 Å². The zero-order valence-corrected chi connectivity index (χ0v) is 16.9. The molecule has 2 heterocycles. The lowest BCUT2D eigenvalue weighted by Crippen LogP contribution is -2.31. The molecule has 2 aromatic heterocycles. The van der Waals surface area contributed by atoms with Gasteiger partial charge in [-0.3, -0.25) is 4.98 Å². The van der Waals surface area contributed by atoms with E-state index in [1.807, 2.05) is 39.8 Å². The third kappa shape index (κ3) is 3.96. The van der Waals surface area contributed by atoms with Gasteiger partial charge >= 0.3 is 0 Å². The third-order valence-electron chi connectivity index (χ3n) is 4.89. The molecule has 0 aliphatic heterocycles. The van der Waals surface area contributed by atoms with Crippen molar-refractivity contribution in [1.29, 1.82) is 0 Å². The van der Waals surface area contributed by atoms with E-state index in [0.29, 0.717) is 10.7 Å². The summed E-state index contributed by atoms with van der Waals surface area (Å²) in [6, 6.07) is 9.26. The normalized spacial score (nSPS) is 11.9. The van der Waals surface area contributed by atoms with Crippen molar-refractivity contribution in [1.82, 2.24) is 9.29 Å². The Labute approximate surface area is 160 Å². The third-order valence-corrected chi connectivity index (χ3v) is 6.96. The Balaban J connectivity index is 2.10. The van der Waals surface area contributed by atoms with Gasteiger partial charge in [-0.2, -0.15) is 4.31 Å². The van der Waals surface area contributed by atoms with Crippen molar-refractivity contribution in [2.45, 2.75) is 45.7 Å². The molecule has 142 valence electrons. The van der Waals surface area contributed by atoms with E-state index in [2.05, 4.69) is 4.98 Å². The first-order valence-electron chi connectivity index (χ1n) is 8.79. The van der Waals surface area contributed by atoms with Gasteiger partial charge in [-0.25, -0.2) is 8.42 Å². The summed E-state index contributed by atoms with van der Waals surface area (Å²) in [5, 5.41) is 0. The van der Waals surface area contributed by atoms with Crippen molar-refractivity contribution >= 4 is 10.0 Å². The number of nitrogens with zero attached hydrogens (tertiary/aromatic N) is 2. The maximum Gasteiger partial charge on any atom is 0.244 e. The van der Waals surface area contributed by atoms with Gasteiger partial charge in [0.15, 0.2) is 0 Å². The fourth-order valence-electron chi connectivity index (χ4n) is 3.19. The first kappa shape index (κ1) is 19.3. The maximum atomic E-state index is 13.7. The molecule has 0 radical (unpaired) electrons. The van der Waals surface area contributed by atoms with Crippen LogP contribution in [0.3, 0.4) is 0 Å². The highest BCUT2D eigenvalue weighted by molar-refractivity contribution is 7.89. The lowest BCUT2D eigenvalue weighted by Gasteiger charge is -2.25. The molecule has 0 aliphatic carbocycles. The molecule has 0 saturated heterocycles. The van der Waals surface area contributed by atoms with Crippen LogP contribution in [0.1, 0.15) is 33.6 Å². The van der Waals surface area contributed by atoms with Gasteiger partial charge in [-0.1, -0.05) is 12.1 Å². The number of rotatable bonds is 6. The molecule has 27 heavy (non-hydrogen) atoms. The van der Waals surface area contributed by atoms with E-state index in [0.717, 1.165) is 27.8 Å². The standard InChI is InChI=1S/C21H24N2O3S/c1-15-11-16(2)18(4)21(17(15)3)27(24,25)23(14-20-8-6-10-26-20)13-19-7-5-9-22-12-19/h5-12H,13-14H2,1-4H3. The first-order chi connectivity index (χ1) is 12.8. The number of hydrogen-bond acceptors (Lipinski definition) is 4. The molecule has 0 fully saturated rings. The quantitative estimate of drug-likeness (QED) is 0.636. The summed E-state index contributed by atoms with van der Waals surface area (Å²) in [7, 11) is -3.74. The van der Waals surface area contributed by atoms with Gasteiger partial charge in [0.05, 0.1) is 17.7 Å². The zero-order chi connectivity index (χ0) is 19.6. The summed E-state index contributed by atoms with van der Waals surface area (Å²) in [6.07, 6.45) is 4.91. The van der Waals surface area contributed by atoms with Gasteiger partial charge in [0.1, 0.15) is 5.76 Å². The van der Waals surface area contributed by atoms with E-state index in [1.165, 1.54) is 4.31 Å². The fourth-order valence-corrected chi connectivity index (χ4v) is 5.16. The molecule has 3 aromatic rings. The van der Waals surface area contributed by atoms with Crippen LogP contribution in [0, 0.1) is 27.7 Å². The predicted molar refractivity (Wildman–Crippen MR) is 105 cm³/mol. The highest BCUT2D eigenvalue weighted by atomic mass is 32.2. The lowest BCUT2D eigenvalue weighted by atomic mass is 10.0. The highest BCUT2D eigenvalue weighted by Gasteiger charge is 2.30. The molecule has 0 atom stereocenters. The first-order valence-corrected chi connectivity index (χ1v) is 10.2. The number of furan rings is 1. The Kier molecular flexibility index (Phi) is 5.48. The molecule has 5 nitrogen and oxygen atoms in total. The zero-order valence-electron chi connectivity index (χ0n) is 16.1. The topological polar surface area (TPSA) is 63.4 Å². The van der Waals surface area contributed by atoms with Crippen molar-refractivity contribution in [3.8, 4) is 0 Å². The minimum absolute atomic E-state index is 0.163. The number of aryl methyl sites for hydroxylation is 2. The van der Waals surface area contributed by atoms with Gasteiger partial charge in [-0.05, 0) is 73.7 Å². The highest BCUT2D eigenvalue weighted by Crippen LogP contribution is 2.30. The number of sulfonamides is 1. The van der Waals surface area contributed by atoms with Gasteiger partial charge < -0.3 is 4.42 Å². The van der Waals surface area contributed by atoms with Crippen molar-refractivity contribution in [2.75, 3.05) is 0 Å². The summed E-state index contributed by atoms with van der Waals surface area (Å²) >= 11 is 0. The number of benzene rings is 1. The van der Waals surface area contributed by atoms with Gasteiger partial charge in [0, 0.05) is 18.9 Å². The maximum absolute atomic E-state index is 13.7. The summed E-state index contributed by atoms with van der Waals surface area (Å²) in [6.45, 7) is 8.00. The van der Waals surface area contributed by atoms with E-state index in [-0.39, 0.29) is 13.1 Å². The largest absolute Gasteiger partial charge is 0.468 e. The summed E-state index contributed by atoms with van der Waals surface area (Å²) in [5.74, 6) is 0.599. The van der Waals surface area contributed by atoms with Crippen LogP contribution in [0.2, 0.25) is 0 Å². The smallest absolute Gasteiger partial charge is 0.244 e. The Morgan fingerprint density at radius 2 is 1.70 bits per heavy atom. The fraction of sp³-hybridized carbons (Fsp3) is 0.286.